The summed E-state index contributed by atoms with van der Waals surface area (Å²) in [5.41, 5.74) is 2.86. The molecule has 1 fully saturated rings. The minimum atomic E-state index is -0.538. The average molecular weight is 496 g/mol. The second-order valence-corrected chi connectivity index (χ2v) is 10.2. The van der Waals surface area contributed by atoms with Crippen LogP contribution in [0.1, 0.15) is 37.9 Å². The molecule has 3 heterocycles. The van der Waals surface area contributed by atoms with Crippen LogP contribution in [0, 0.1) is 5.92 Å². The van der Waals surface area contributed by atoms with E-state index in [1.807, 2.05) is 57.1 Å². The fourth-order valence-corrected chi connectivity index (χ4v) is 4.97. The van der Waals surface area contributed by atoms with Crippen LogP contribution in [0.5, 0.6) is 0 Å². The van der Waals surface area contributed by atoms with Crippen LogP contribution in [0.3, 0.4) is 0 Å². The van der Waals surface area contributed by atoms with Gasteiger partial charge >= 0.3 is 6.03 Å². The SMILES string of the molecule is C=CC(=O)Nc1ccc(Nc2n[nH]c3c2CN(C(=O)N[C@H](CN(C)C)C2CCOCC2)C3(C)C)cc1. The smallest absolute Gasteiger partial charge is 0.318 e. The van der Waals surface area contributed by atoms with Gasteiger partial charge in [-0.1, -0.05) is 6.58 Å². The molecule has 4 rings (SSSR count). The van der Waals surface area contributed by atoms with Crippen molar-refractivity contribution in [3.63, 3.8) is 0 Å². The molecule has 2 aliphatic rings. The number of amides is 3. The van der Waals surface area contributed by atoms with Crippen molar-refractivity contribution in [2.24, 2.45) is 5.92 Å². The van der Waals surface area contributed by atoms with Gasteiger partial charge in [-0.15, -0.1) is 0 Å². The molecule has 10 heteroatoms. The van der Waals surface area contributed by atoms with E-state index in [9.17, 15) is 9.59 Å². The lowest BCUT2D eigenvalue weighted by Crippen LogP contribution is -2.54. The van der Waals surface area contributed by atoms with E-state index in [4.69, 9.17) is 4.74 Å². The first kappa shape index (κ1) is 25.7. The number of anilines is 3. The summed E-state index contributed by atoms with van der Waals surface area (Å²) in [7, 11) is 4.07. The van der Waals surface area contributed by atoms with Crippen LogP contribution in [0.15, 0.2) is 36.9 Å². The van der Waals surface area contributed by atoms with E-state index in [1.165, 1.54) is 6.08 Å². The zero-order valence-corrected chi connectivity index (χ0v) is 21.6. The lowest BCUT2D eigenvalue weighted by atomic mass is 9.91. The summed E-state index contributed by atoms with van der Waals surface area (Å²) < 4.78 is 5.54. The molecule has 2 aliphatic heterocycles. The van der Waals surface area contributed by atoms with Gasteiger partial charge in [0.25, 0.3) is 0 Å². The maximum absolute atomic E-state index is 13.6. The van der Waals surface area contributed by atoms with Crippen LogP contribution in [-0.4, -0.2) is 71.8 Å². The van der Waals surface area contributed by atoms with Gasteiger partial charge in [-0.3, -0.25) is 9.89 Å². The van der Waals surface area contributed by atoms with E-state index in [-0.39, 0.29) is 18.0 Å². The maximum atomic E-state index is 13.6. The largest absolute Gasteiger partial charge is 0.381 e. The summed E-state index contributed by atoms with van der Waals surface area (Å²) in [5.74, 6) is 0.823. The van der Waals surface area contributed by atoms with Crippen LogP contribution in [0.4, 0.5) is 22.0 Å². The van der Waals surface area contributed by atoms with Crippen LogP contribution < -0.4 is 16.0 Å². The van der Waals surface area contributed by atoms with Gasteiger partial charge in [0.05, 0.1) is 17.8 Å². The molecule has 1 atom stereocenters. The Morgan fingerprint density at radius 2 is 1.92 bits per heavy atom. The molecule has 0 radical (unpaired) electrons. The lowest BCUT2D eigenvalue weighted by molar-refractivity contribution is -0.111. The van der Waals surface area contributed by atoms with Crippen LogP contribution in [0.2, 0.25) is 0 Å². The zero-order valence-electron chi connectivity index (χ0n) is 21.6. The number of hydrogen-bond donors (Lipinski definition) is 4. The van der Waals surface area contributed by atoms with Gasteiger partial charge in [-0.25, -0.2) is 4.79 Å². The summed E-state index contributed by atoms with van der Waals surface area (Å²) in [4.78, 5) is 29.0. The zero-order chi connectivity index (χ0) is 25.9. The first-order chi connectivity index (χ1) is 17.2. The highest BCUT2D eigenvalue weighted by Crippen LogP contribution is 2.41. The number of benzene rings is 1. The van der Waals surface area contributed by atoms with Gasteiger partial charge in [0, 0.05) is 42.7 Å². The summed E-state index contributed by atoms with van der Waals surface area (Å²) in [6.45, 7) is 10.3. The number of carbonyl (C=O) groups is 2. The van der Waals surface area contributed by atoms with Gasteiger partial charge in [-0.05, 0) is 77.0 Å². The molecule has 0 saturated carbocycles. The van der Waals surface area contributed by atoms with Crippen molar-refractivity contribution in [3.8, 4) is 0 Å². The van der Waals surface area contributed by atoms with E-state index in [0.717, 1.165) is 49.5 Å². The monoisotopic (exact) mass is 495 g/mol. The Labute approximate surface area is 212 Å². The van der Waals surface area contributed by atoms with Crippen molar-refractivity contribution in [3.05, 3.63) is 48.2 Å². The fourth-order valence-electron chi connectivity index (χ4n) is 4.97. The van der Waals surface area contributed by atoms with Crippen LogP contribution in [-0.2, 0) is 21.6 Å². The minimum Gasteiger partial charge on any atom is -0.381 e. The average Bonchev–Trinajstić information content (AvgIpc) is 3.37. The quantitative estimate of drug-likeness (QED) is 0.418. The Balaban J connectivity index is 1.46. The molecule has 0 bridgehead atoms. The number of aromatic amines is 1. The first-order valence-corrected chi connectivity index (χ1v) is 12.4. The summed E-state index contributed by atoms with van der Waals surface area (Å²) >= 11 is 0. The van der Waals surface area contributed by atoms with Gasteiger partial charge < -0.3 is 30.5 Å². The van der Waals surface area contributed by atoms with Crippen LogP contribution in [0.25, 0.3) is 0 Å². The summed E-state index contributed by atoms with van der Waals surface area (Å²) in [6.07, 6.45) is 3.14. The Hall–Kier alpha value is -3.37. The Morgan fingerprint density at radius 1 is 1.25 bits per heavy atom. The number of carbonyl (C=O) groups excluding carboxylic acids is 2. The van der Waals surface area contributed by atoms with Crippen molar-refractivity contribution < 1.29 is 14.3 Å². The van der Waals surface area contributed by atoms with Gasteiger partial charge in [0.1, 0.15) is 0 Å². The van der Waals surface area contributed by atoms with Crippen molar-refractivity contribution >= 4 is 29.1 Å². The molecule has 1 saturated heterocycles. The molecule has 0 unspecified atom stereocenters. The number of H-pyrrole nitrogens is 1. The van der Waals surface area contributed by atoms with E-state index >= 15 is 0 Å². The Bertz CT molecular complexity index is 1090. The molecule has 1 aromatic carbocycles. The van der Waals surface area contributed by atoms with Gasteiger partial charge in [-0.2, -0.15) is 5.10 Å². The first-order valence-electron chi connectivity index (χ1n) is 12.4. The number of nitrogens with one attached hydrogen (secondary N) is 4. The van der Waals surface area contributed by atoms with E-state index in [1.54, 1.807) is 0 Å². The molecule has 3 amide bonds. The molecule has 1 aromatic heterocycles. The number of nitrogens with zero attached hydrogens (tertiary/aromatic N) is 3. The second-order valence-electron chi connectivity index (χ2n) is 10.2. The normalized spacial score (nSPS) is 18.0. The maximum Gasteiger partial charge on any atom is 0.318 e. The van der Waals surface area contributed by atoms with Gasteiger partial charge in [0.15, 0.2) is 5.82 Å². The van der Waals surface area contributed by atoms with Gasteiger partial charge in [0.2, 0.25) is 5.91 Å². The third-order valence-corrected chi connectivity index (χ3v) is 7.02. The standard InChI is InChI=1S/C26H37N7O3/c1-6-22(34)27-18-7-9-19(10-8-18)28-24-20-15-33(26(2,3)23(20)30-31-24)25(35)29-21(16-32(4)5)17-11-13-36-14-12-17/h6-10,17,21H,1,11-16H2,2-5H3,(H,27,34)(H,29,35)(H2,28,30,31)/t21-/m1/s1. The number of fused-ring (bicyclic) bond motifs is 1. The number of aromatic nitrogens is 2. The molecule has 36 heavy (non-hydrogen) atoms. The molecule has 2 aromatic rings. The lowest BCUT2D eigenvalue weighted by Gasteiger charge is -2.37. The Morgan fingerprint density at radius 3 is 2.56 bits per heavy atom. The molecule has 0 aliphatic carbocycles. The topological polar surface area (TPSA) is 115 Å². The van der Waals surface area contributed by atoms with E-state index < -0.39 is 5.54 Å². The summed E-state index contributed by atoms with van der Waals surface area (Å²) in [5, 5.41) is 17.0. The Kier molecular flexibility index (Phi) is 7.65. The number of rotatable bonds is 8. The molecular weight excluding hydrogens is 458 g/mol. The highest BCUT2D eigenvalue weighted by atomic mass is 16.5. The third kappa shape index (κ3) is 5.55. The van der Waals surface area contributed by atoms with Crippen molar-refractivity contribution in [2.75, 3.05) is 44.5 Å². The molecule has 4 N–H and O–H groups in total. The molecular formula is C26H37N7O3. The minimum absolute atomic E-state index is 0.0574. The van der Waals surface area contributed by atoms with Crippen molar-refractivity contribution in [1.29, 1.82) is 0 Å². The molecule has 10 nitrogen and oxygen atoms in total. The van der Waals surface area contributed by atoms with Crippen molar-refractivity contribution in [1.82, 2.24) is 25.3 Å². The predicted octanol–water partition coefficient (Wildman–Crippen LogP) is 3.39. The number of urea groups is 1. The number of likely N-dealkylation sites (N-methyl/N-ethyl adjacent to an activating group) is 1. The second kappa shape index (κ2) is 10.7. The summed E-state index contributed by atoms with van der Waals surface area (Å²) in [6, 6.07) is 7.33. The predicted molar refractivity (Wildman–Crippen MR) is 140 cm³/mol. The van der Waals surface area contributed by atoms with Crippen molar-refractivity contribution in [2.45, 2.75) is 44.8 Å². The highest BCUT2D eigenvalue weighted by molar-refractivity contribution is 5.98. The van der Waals surface area contributed by atoms with E-state index in [0.29, 0.717) is 24.0 Å². The fraction of sp³-hybridized carbons (Fsp3) is 0.500. The number of hydrogen-bond acceptors (Lipinski definition) is 6. The molecule has 0 spiro atoms. The van der Waals surface area contributed by atoms with Crippen LogP contribution >= 0.6 is 0 Å². The third-order valence-electron chi connectivity index (χ3n) is 7.02. The van der Waals surface area contributed by atoms with E-state index in [2.05, 4.69) is 37.6 Å². The number of ether oxygens (including phenoxy) is 1. The highest BCUT2D eigenvalue weighted by Gasteiger charge is 2.44. The molecule has 194 valence electrons.